The van der Waals surface area contributed by atoms with Crippen LogP contribution >= 0.6 is 45.8 Å². The van der Waals surface area contributed by atoms with E-state index in [1.54, 1.807) is 7.11 Å². The summed E-state index contributed by atoms with van der Waals surface area (Å²) in [6.07, 6.45) is 0. The summed E-state index contributed by atoms with van der Waals surface area (Å²) < 4.78 is 6.41. The smallest absolute Gasteiger partial charge is 0.124 e. The van der Waals surface area contributed by atoms with Gasteiger partial charge in [-0.25, -0.2) is 0 Å². The lowest BCUT2D eigenvalue weighted by Crippen LogP contribution is -1.98. The molecule has 0 N–H and O–H groups in total. The Morgan fingerprint density at radius 1 is 1.05 bits per heavy atom. The molecule has 0 heterocycles. The zero-order chi connectivity index (χ0) is 14.9. The van der Waals surface area contributed by atoms with Gasteiger partial charge in [-0.3, -0.25) is 0 Å². The molecule has 1 atom stereocenters. The second kappa shape index (κ2) is 6.54. The zero-order valence-corrected chi connectivity index (χ0v) is 15.2. The predicted molar refractivity (Wildman–Crippen MR) is 94.3 cm³/mol. The molecule has 4 heteroatoms. The standard InChI is InChI=1S/C16H15Cl2IO/c1-9-6-12(7-10(2)16(9)20-3)15(18)11-4-5-14(19)13(17)8-11/h4-8,15H,1-3H3. The zero-order valence-electron chi connectivity index (χ0n) is 11.5. The van der Waals surface area contributed by atoms with Gasteiger partial charge >= 0.3 is 0 Å². The van der Waals surface area contributed by atoms with E-state index in [2.05, 4.69) is 34.7 Å². The number of alkyl halides is 1. The van der Waals surface area contributed by atoms with Crippen LogP contribution in [0, 0.1) is 17.4 Å². The van der Waals surface area contributed by atoms with Gasteiger partial charge in [0, 0.05) is 3.57 Å². The normalized spacial score (nSPS) is 12.3. The Balaban J connectivity index is 2.42. The van der Waals surface area contributed by atoms with Gasteiger partial charge < -0.3 is 4.74 Å². The van der Waals surface area contributed by atoms with E-state index in [9.17, 15) is 0 Å². The van der Waals surface area contributed by atoms with Crippen LogP contribution in [0.1, 0.15) is 27.6 Å². The Morgan fingerprint density at radius 2 is 1.65 bits per heavy atom. The fourth-order valence-corrected chi connectivity index (χ4v) is 3.10. The molecule has 0 saturated heterocycles. The third kappa shape index (κ3) is 3.23. The van der Waals surface area contributed by atoms with E-state index in [1.807, 2.05) is 32.0 Å². The van der Waals surface area contributed by atoms with Crippen molar-refractivity contribution in [1.29, 1.82) is 0 Å². The molecule has 0 bridgehead atoms. The van der Waals surface area contributed by atoms with Crippen molar-refractivity contribution >= 4 is 45.8 Å². The fourth-order valence-electron chi connectivity index (χ4n) is 2.31. The highest BCUT2D eigenvalue weighted by Crippen LogP contribution is 2.35. The summed E-state index contributed by atoms with van der Waals surface area (Å²) in [5, 5.41) is 0.517. The molecule has 2 rings (SSSR count). The summed E-state index contributed by atoms with van der Waals surface area (Å²) >= 11 is 15.0. The third-order valence-corrected chi connectivity index (χ3v) is 5.29. The maximum Gasteiger partial charge on any atom is 0.124 e. The Labute approximate surface area is 143 Å². The minimum Gasteiger partial charge on any atom is -0.496 e. The van der Waals surface area contributed by atoms with Crippen LogP contribution in [0.25, 0.3) is 0 Å². The molecule has 0 spiro atoms. The maximum absolute atomic E-state index is 6.59. The van der Waals surface area contributed by atoms with E-state index in [1.165, 1.54) is 0 Å². The molecule has 0 aliphatic rings. The van der Waals surface area contributed by atoms with Crippen LogP contribution in [-0.4, -0.2) is 7.11 Å². The van der Waals surface area contributed by atoms with Crippen molar-refractivity contribution in [3.63, 3.8) is 0 Å². The molecule has 0 fully saturated rings. The maximum atomic E-state index is 6.59. The molecule has 0 radical (unpaired) electrons. The third-order valence-electron chi connectivity index (χ3n) is 3.22. The van der Waals surface area contributed by atoms with Gasteiger partial charge in [-0.05, 0) is 70.8 Å². The number of methoxy groups -OCH3 is 1. The first-order valence-corrected chi connectivity index (χ1v) is 8.07. The van der Waals surface area contributed by atoms with Crippen molar-refractivity contribution in [2.75, 3.05) is 7.11 Å². The van der Waals surface area contributed by atoms with E-state index in [-0.39, 0.29) is 5.38 Å². The highest BCUT2D eigenvalue weighted by Gasteiger charge is 2.15. The average Bonchev–Trinajstić information content (AvgIpc) is 2.40. The molecule has 0 aromatic heterocycles. The van der Waals surface area contributed by atoms with Crippen LogP contribution in [0.2, 0.25) is 5.02 Å². The van der Waals surface area contributed by atoms with Gasteiger partial charge in [0.1, 0.15) is 5.75 Å². The molecule has 0 amide bonds. The van der Waals surface area contributed by atoms with E-state index >= 15 is 0 Å². The molecule has 2 aromatic rings. The van der Waals surface area contributed by atoms with Crippen LogP contribution < -0.4 is 4.74 Å². The van der Waals surface area contributed by atoms with E-state index < -0.39 is 0 Å². The molecule has 0 saturated carbocycles. The van der Waals surface area contributed by atoms with Gasteiger partial charge in [-0.1, -0.05) is 29.8 Å². The van der Waals surface area contributed by atoms with Gasteiger partial charge in [0.15, 0.2) is 0 Å². The van der Waals surface area contributed by atoms with Crippen LogP contribution in [0.15, 0.2) is 30.3 Å². The quantitative estimate of drug-likeness (QED) is 0.443. The number of hydrogen-bond acceptors (Lipinski definition) is 1. The number of halogens is 3. The molecule has 2 aromatic carbocycles. The fraction of sp³-hybridized carbons (Fsp3) is 0.250. The lowest BCUT2D eigenvalue weighted by molar-refractivity contribution is 0.408. The van der Waals surface area contributed by atoms with Crippen molar-refractivity contribution in [3.8, 4) is 5.75 Å². The van der Waals surface area contributed by atoms with E-state index in [0.717, 1.165) is 36.6 Å². The number of hydrogen-bond donors (Lipinski definition) is 0. The lowest BCUT2D eigenvalue weighted by Gasteiger charge is -2.16. The highest BCUT2D eigenvalue weighted by atomic mass is 127. The Bertz CT molecular complexity index is 617. The summed E-state index contributed by atoms with van der Waals surface area (Å²) in [6, 6.07) is 10.1. The van der Waals surface area contributed by atoms with Crippen molar-refractivity contribution in [3.05, 3.63) is 61.2 Å². The van der Waals surface area contributed by atoms with Crippen molar-refractivity contribution < 1.29 is 4.74 Å². The predicted octanol–water partition coefficient (Wildman–Crippen LogP) is 5.90. The summed E-state index contributed by atoms with van der Waals surface area (Å²) in [6.45, 7) is 4.06. The van der Waals surface area contributed by atoms with E-state index in [4.69, 9.17) is 27.9 Å². The van der Waals surface area contributed by atoms with E-state index in [0.29, 0.717) is 0 Å². The second-order valence-corrected chi connectivity index (χ2v) is 6.73. The average molecular weight is 421 g/mol. The van der Waals surface area contributed by atoms with Crippen molar-refractivity contribution in [1.82, 2.24) is 0 Å². The van der Waals surface area contributed by atoms with Crippen LogP contribution in [-0.2, 0) is 0 Å². The summed E-state index contributed by atoms with van der Waals surface area (Å²) in [5.74, 6) is 0.915. The number of aryl methyl sites for hydroxylation is 2. The van der Waals surface area contributed by atoms with Gasteiger partial charge in [0.25, 0.3) is 0 Å². The van der Waals surface area contributed by atoms with Gasteiger partial charge in [0.2, 0.25) is 0 Å². The van der Waals surface area contributed by atoms with Crippen molar-refractivity contribution in [2.24, 2.45) is 0 Å². The summed E-state index contributed by atoms with van der Waals surface area (Å²) in [7, 11) is 1.69. The minimum atomic E-state index is -0.215. The summed E-state index contributed by atoms with van der Waals surface area (Å²) in [5.41, 5.74) is 4.23. The number of rotatable bonds is 3. The molecule has 20 heavy (non-hydrogen) atoms. The van der Waals surface area contributed by atoms with Crippen LogP contribution in [0.4, 0.5) is 0 Å². The highest BCUT2D eigenvalue weighted by molar-refractivity contribution is 14.1. The van der Waals surface area contributed by atoms with Crippen molar-refractivity contribution in [2.45, 2.75) is 19.2 Å². The van der Waals surface area contributed by atoms with Gasteiger partial charge in [0.05, 0.1) is 17.5 Å². The molecule has 106 valence electrons. The molecule has 1 unspecified atom stereocenters. The largest absolute Gasteiger partial charge is 0.496 e. The second-order valence-electron chi connectivity index (χ2n) is 4.72. The SMILES string of the molecule is COc1c(C)cc(C(Cl)c2ccc(I)c(Cl)c2)cc1C. The van der Waals surface area contributed by atoms with Crippen LogP contribution in [0.3, 0.4) is 0 Å². The molecule has 1 nitrogen and oxygen atoms in total. The molecular formula is C16H15Cl2IO. The molecule has 0 aliphatic heterocycles. The Hall–Kier alpha value is -0.450. The van der Waals surface area contributed by atoms with Gasteiger partial charge in [-0.2, -0.15) is 0 Å². The molecular weight excluding hydrogens is 406 g/mol. The molecule has 0 aliphatic carbocycles. The number of ether oxygens (including phenoxy) is 1. The lowest BCUT2D eigenvalue weighted by atomic mass is 9.99. The Kier molecular flexibility index (Phi) is 5.21. The Morgan fingerprint density at radius 3 is 2.15 bits per heavy atom. The monoisotopic (exact) mass is 420 g/mol. The van der Waals surface area contributed by atoms with Gasteiger partial charge in [-0.15, -0.1) is 11.6 Å². The number of benzene rings is 2. The first-order valence-electron chi connectivity index (χ1n) is 6.18. The topological polar surface area (TPSA) is 9.23 Å². The first kappa shape index (κ1) is 15.9. The summed E-state index contributed by atoms with van der Waals surface area (Å²) in [4.78, 5) is 0. The van der Waals surface area contributed by atoms with Crippen LogP contribution in [0.5, 0.6) is 5.75 Å². The first-order chi connectivity index (χ1) is 9.43. The minimum absolute atomic E-state index is 0.215.